The molecule has 2 nitrogen and oxygen atoms in total. The molecule has 0 saturated heterocycles. The first-order valence-electron chi connectivity index (χ1n) is 3.36. The van der Waals surface area contributed by atoms with Crippen LogP contribution in [0.4, 0.5) is 4.39 Å². The second-order valence-corrected chi connectivity index (χ2v) is 2.96. The Balaban J connectivity index is 0.000000424. The second-order valence-electron chi connectivity index (χ2n) is 2.04. The Morgan fingerprint density at radius 3 is 2.46 bits per heavy atom. The molecule has 0 amide bonds. The average molecular weight is 244 g/mol. The smallest absolute Gasteiger partial charge is 0.150 e. The van der Waals surface area contributed by atoms with Gasteiger partial charge in [0.25, 0.3) is 0 Å². The summed E-state index contributed by atoms with van der Waals surface area (Å²) in [6.45, 7) is 1.43. The number of rotatable bonds is 1. The zero-order valence-electron chi connectivity index (χ0n) is 6.92. The summed E-state index contributed by atoms with van der Waals surface area (Å²) in [5.41, 5.74) is 0.340. The Morgan fingerprint density at radius 2 is 2.08 bits per heavy atom. The van der Waals surface area contributed by atoms with Gasteiger partial charge in [-0.3, -0.25) is 4.79 Å². The molecule has 1 rings (SSSR count). The van der Waals surface area contributed by atoms with Gasteiger partial charge in [-0.15, -0.1) is 0 Å². The molecule has 13 heavy (non-hydrogen) atoms. The van der Waals surface area contributed by atoms with Crippen molar-refractivity contribution in [3.05, 3.63) is 34.1 Å². The summed E-state index contributed by atoms with van der Waals surface area (Å²) in [6, 6.07) is 5.78. The summed E-state index contributed by atoms with van der Waals surface area (Å²) in [5.74, 6) is -0.406. The van der Waals surface area contributed by atoms with E-state index in [0.29, 0.717) is 16.3 Å². The normalized spacial score (nSPS) is 7.85. The fraction of sp³-hybridized carbons (Fsp3) is 0.111. The molecular formula is C9H7BrFNO. The van der Waals surface area contributed by atoms with E-state index in [-0.39, 0.29) is 0 Å². The van der Waals surface area contributed by atoms with Gasteiger partial charge in [-0.05, 0) is 18.2 Å². The molecule has 1 aromatic rings. The summed E-state index contributed by atoms with van der Waals surface area (Å²) >= 11 is 3.05. The van der Waals surface area contributed by atoms with Gasteiger partial charge in [-0.25, -0.2) is 4.39 Å². The number of halogens is 2. The van der Waals surface area contributed by atoms with Crippen molar-refractivity contribution < 1.29 is 9.18 Å². The predicted octanol–water partition coefficient (Wildman–Crippen LogP) is 2.93. The van der Waals surface area contributed by atoms with Crippen molar-refractivity contribution in [3.8, 4) is 6.07 Å². The average Bonchev–Trinajstić information content (AvgIpc) is 2.04. The first-order chi connectivity index (χ1) is 6.13. The molecule has 0 unspecified atom stereocenters. The molecule has 0 aromatic heterocycles. The number of hydrogen-bond acceptors (Lipinski definition) is 2. The molecule has 0 N–H and O–H groups in total. The number of nitriles is 1. The van der Waals surface area contributed by atoms with Crippen molar-refractivity contribution in [1.29, 1.82) is 5.26 Å². The van der Waals surface area contributed by atoms with Crippen molar-refractivity contribution in [2.24, 2.45) is 0 Å². The minimum Gasteiger partial charge on any atom is -0.298 e. The lowest BCUT2D eigenvalue weighted by atomic mass is 10.2. The van der Waals surface area contributed by atoms with Crippen LogP contribution in [0.25, 0.3) is 0 Å². The van der Waals surface area contributed by atoms with E-state index in [1.807, 2.05) is 0 Å². The van der Waals surface area contributed by atoms with Crippen LogP contribution >= 0.6 is 15.9 Å². The Labute approximate surface area is 84.1 Å². The number of aldehydes is 1. The van der Waals surface area contributed by atoms with Crippen molar-refractivity contribution in [2.45, 2.75) is 6.92 Å². The third-order valence-corrected chi connectivity index (χ3v) is 1.48. The van der Waals surface area contributed by atoms with E-state index in [1.54, 1.807) is 12.1 Å². The molecule has 0 aliphatic carbocycles. The number of carbonyl (C=O) groups excluding carboxylic acids is 1. The second kappa shape index (κ2) is 6.32. The maximum absolute atomic E-state index is 12.4. The first kappa shape index (κ1) is 11.8. The monoisotopic (exact) mass is 243 g/mol. The van der Waals surface area contributed by atoms with Crippen LogP contribution < -0.4 is 0 Å². The lowest BCUT2D eigenvalue weighted by Gasteiger charge is -1.92. The van der Waals surface area contributed by atoms with Crippen LogP contribution in [0, 0.1) is 17.1 Å². The summed E-state index contributed by atoms with van der Waals surface area (Å²) in [7, 11) is 0. The van der Waals surface area contributed by atoms with E-state index in [0.717, 1.165) is 0 Å². The highest BCUT2D eigenvalue weighted by Crippen LogP contribution is 2.13. The number of benzene rings is 1. The van der Waals surface area contributed by atoms with Crippen LogP contribution in [-0.2, 0) is 0 Å². The maximum atomic E-state index is 12.4. The standard InChI is InChI=1S/C7H4BrFO.C2H3N/c8-6-1-5(4-10)2-7(9)3-6;1-2-3/h1-4H;1H3. The van der Waals surface area contributed by atoms with Crippen LogP contribution in [0.1, 0.15) is 17.3 Å². The SMILES string of the molecule is CC#N.O=Cc1cc(F)cc(Br)c1. The van der Waals surface area contributed by atoms with E-state index in [2.05, 4.69) is 15.9 Å². The molecule has 0 spiro atoms. The lowest BCUT2D eigenvalue weighted by molar-refractivity contribution is 0.112. The van der Waals surface area contributed by atoms with Crippen molar-refractivity contribution >= 4 is 22.2 Å². The number of hydrogen-bond donors (Lipinski definition) is 0. The highest BCUT2D eigenvalue weighted by molar-refractivity contribution is 9.10. The zero-order chi connectivity index (χ0) is 10.3. The van der Waals surface area contributed by atoms with Crippen LogP contribution in [-0.4, -0.2) is 6.29 Å². The van der Waals surface area contributed by atoms with Crippen LogP contribution in [0.5, 0.6) is 0 Å². The first-order valence-corrected chi connectivity index (χ1v) is 4.15. The van der Waals surface area contributed by atoms with Crippen LogP contribution in [0.2, 0.25) is 0 Å². The van der Waals surface area contributed by atoms with Gasteiger partial charge < -0.3 is 0 Å². The van der Waals surface area contributed by atoms with Gasteiger partial charge >= 0.3 is 0 Å². The molecule has 0 atom stereocenters. The van der Waals surface area contributed by atoms with Gasteiger partial charge in [0.05, 0.1) is 6.07 Å². The highest BCUT2D eigenvalue weighted by atomic mass is 79.9. The van der Waals surface area contributed by atoms with E-state index in [1.165, 1.54) is 19.1 Å². The summed E-state index contributed by atoms with van der Waals surface area (Å²) in [5, 5.41) is 7.32. The molecule has 0 aliphatic heterocycles. The fourth-order valence-corrected chi connectivity index (χ4v) is 1.13. The van der Waals surface area contributed by atoms with Gasteiger partial charge in [-0.2, -0.15) is 5.26 Å². The minimum absolute atomic E-state index is 0.340. The molecule has 0 fully saturated rings. The molecular weight excluding hydrogens is 237 g/mol. The van der Waals surface area contributed by atoms with E-state index in [4.69, 9.17) is 5.26 Å². The summed E-state index contributed by atoms with van der Waals surface area (Å²) in [4.78, 5) is 10.1. The van der Waals surface area contributed by atoms with Crippen molar-refractivity contribution in [3.63, 3.8) is 0 Å². The van der Waals surface area contributed by atoms with Crippen molar-refractivity contribution in [2.75, 3.05) is 0 Å². The van der Waals surface area contributed by atoms with E-state index >= 15 is 0 Å². The molecule has 68 valence electrons. The van der Waals surface area contributed by atoms with Gasteiger partial charge in [0, 0.05) is 17.0 Å². The number of nitrogens with zero attached hydrogens (tertiary/aromatic N) is 1. The minimum atomic E-state index is -0.406. The van der Waals surface area contributed by atoms with Crippen LogP contribution in [0.3, 0.4) is 0 Å². The number of carbonyl (C=O) groups is 1. The molecule has 0 saturated carbocycles. The summed E-state index contributed by atoms with van der Waals surface area (Å²) in [6.07, 6.45) is 0.605. The Morgan fingerprint density at radius 1 is 1.54 bits per heavy atom. The van der Waals surface area contributed by atoms with Gasteiger partial charge in [0.2, 0.25) is 0 Å². The third kappa shape index (κ3) is 5.10. The summed E-state index contributed by atoms with van der Waals surface area (Å²) < 4.78 is 13.0. The van der Waals surface area contributed by atoms with Crippen LogP contribution in [0.15, 0.2) is 22.7 Å². The molecule has 0 radical (unpaired) electrons. The van der Waals surface area contributed by atoms with Crippen molar-refractivity contribution in [1.82, 2.24) is 0 Å². The largest absolute Gasteiger partial charge is 0.298 e. The van der Waals surface area contributed by atoms with E-state index in [9.17, 15) is 9.18 Å². The molecule has 0 bridgehead atoms. The lowest BCUT2D eigenvalue weighted by Crippen LogP contribution is -1.81. The molecule has 0 heterocycles. The molecule has 1 aromatic carbocycles. The highest BCUT2D eigenvalue weighted by Gasteiger charge is 1.95. The Bertz CT molecular complexity index is 313. The Kier molecular flexibility index (Phi) is 5.73. The topological polar surface area (TPSA) is 40.9 Å². The van der Waals surface area contributed by atoms with Gasteiger partial charge in [-0.1, -0.05) is 15.9 Å². The van der Waals surface area contributed by atoms with E-state index < -0.39 is 5.82 Å². The molecule has 4 heteroatoms. The fourth-order valence-electron chi connectivity index (χ4n) is 0.643. The van der Waals surface area contributed by atoms with Gasteiger partial charge in [0.1, 0.15) is 12.1 Å². The maximum Gasteiger partial charge on any atom is 0.150 e. The zero-order valence-corrected chi connectivity index (χ0v) is 8.51. The van der Waals surface area contributed by atoms with Gasteiger partial charge in [0.15, 0.2) is 0 Å². The Hall–Kier alpha value is -1.21. The molecule has 0 aliphatic rings. The predicted molar refractivity (Wildman–Crippen MR) is 50.8 cm³/mol. The quantitative estimate of drug-likeness (QED) is 0.712. The third-order valence-electron chi connectivity index (χ3n) is 1.02.